The number of hydrogen-bond acceptors (Lipinski definition) is 4. The van der Waals surface area contributed by atoms with Crippen LogP contribution >= 0.6 is 0 Å². The molecular weight excluding hydrogens is 464 g/mol. The number of nitrogens with zero attached hydrogens (tertiary/aromatic N) is 4. The highest BCUT2D eigenvalue weighted by molar-refractivity contribution is 6.18. The average Bonchev–Trinajstić information content (AvgIpc) is 3.00. The molecule has 3 aromatic heterocycles. The Morgan fingerprint density at radius 2 is 1.32 bits per heavy atom. The summed E-state index contributed by atoms with van der Waals surface area (Å²) in [6, 6.07) is 29.5. The van der Waals surface area contributed by atoms with Crippen molar-refractivity contribution < 1.29 is 0 Å². The molecule has 38 heavy (non-hydrogen) atoms. The number of allylic oxidation sites excluding steroid dienone is 1. The summed E-state index contributed by atoms with van der Waals surface area (Å²) in [6.45, 7) is 0. The Morgan fingerprint density at radius 1 is 0.579 bits per heavy atom. The van der Waals surface area contributed by atoms with Crippen molar-refractivity contribution in [3.8, 4) is 11.3 Å². The molecule has 1 aliphatic heterocycles. The minimum absolute atomic E-state index is 0.00225. The number of aromatic nitrogens is 3. The third kappa shape index (κ3) is 3.24. The molecule has 0 saturated carbocycles. The maximum absolute atomic E-state index is 5.24. The van der Waals surface area contributed by atoms with E-state index in [1.165, 1.54) is 0 Å². The lowest BCUT2D eigenvalue weighted by atomic mass is 9.85. The Balaban J connectivity index is 1.28. The van der Waals surface area contributed by atoms with Gasteiger partial charge in [-0.1, -0.05) is 85.0 Å². The largest absolute Gasteiger partial charge is 0.274 e. The first-order valence-electron chi connectivity index (χ1n) is 12.9. The van der Waals surface area contributed by atoms with E-state index in [-0.39, 0.29) is 12.0 Å². The Hall–Kier alpha value is -4.96. The van der Waals surface area contributed by atoms with E-state index in [9.17, 15) is 0 Å². The van der Waals surface area contributed by atoms with Gasteiger partial charge in [0.25, 0.3) is 0 Å². The first-order valence-corrected chi connectivity index (χ1v) is 12.9. The van der Waals surface area contributed by atoms with E-state index in [1.807, 2.05) is 24.5 Å². The lowest BCUT2D eigenvalue weighted by molar-refractivity contribution is 0.591. The van der Waals surface area contributed by atoms with Crippen LogP contribution in [0.3, 0.4) is 0 Å². The molecule has 4 nitrogen and oxygen atoms in total. The standard InChI is InChI=1S/C34H22N4/c1-7-25-26(27(9-1)29-17-15-23-13-11-21-5-3-19-35-31(21)33(23)37-29)8-2-10-28(25)30-18-16-24-14-12-22-6-4-20-36-32(22)34(24)38-30/h1-20,23,33H. The van der Waals surface area contributed by atoms with Gasteiger partial charge in [-0.05, 0) is 40.6 Å². The van der Waals surface area contributed by atoms with Crippen LogP contribution in [0.5, 0.6) is 0 Å². The Kier molecular flexibility index (Phi) is 4.61. The highest BCUT2D eigenvalue weighted by atomic mass is 14.9. The zero-order valence-electron chi connectivity index (χ0n) is 20.5. The van der Waals surface area contributed by atoms with Crippen molar-refractivity contribution >= 4 is 44.4 Å². The molecule has 2 atom stereocenters. The fourth-order valence-electron chi connectivity index (χ4n) is 5.82. The molecule has 0 N–H and O–H groups in total. The van der Waals surface area contributed by atoms with E-state index >= 15 is 0 Å². The van der Waals surface area contributed by atoms with Crippen LogP contribution in [0.4, 0.5) is 0 Å². The Bertz CT molecular complexity index is 2000. The lowest BCUT2D eigenvalue weighted by Gasteiger charge is -2.27. The van der Waals surface area contributed by atoms with Crippen LogP contribution in [0.2, 0.25) is 0 Å². The zero-order chi connectivity index (χ0) is 25.1. The van der Waals surface area contributed by atoms with Crippen LogP contribution in [0.15, 0.2) is 121 Å². The van der Waals surface area contributed by atoms with Gasteiger partial charge in [-0.15, -0.1) is 0 Å². The smallest absolute Gasteiger partial charge is 0.103 e. The number of hydrogen-bond donors (Lipinski definition) is 0. The highest BCUT2D eigenvalue weighted by Gasteiger charge is 2.28. The summed E-state index contributed by atoms with van der Waals surface area (Å²) in [5, 5.41) is 4.51. The first-order chi connectivity index (χ1) is 18.8. The molecule has 1 aliphatic carbocycles. The second kappa shape index (κ2) is 8.29. The van der Waals surface area contributed by atoms with Gasteiger partial charge in [0.1, 0.15) is 6.04 Å². The number of benzene rings is 3. The molecule has 0 saturated heterocycles. The van der Waals surface area contributed by atoms with Gasteiger partial charge < -0.3 is 0 Å². The van der Waals surface area contributed by atoms with Crippen molar-refractivity contribution in [2.45, 2.75) is 6.04 Å². The van der Waals surface area contributed by atoms with Crippen molar-refractivity contribution in [3.63, 3.8) is 0 Å². The molecule has 178 valence electrons. The summed E-state index contributed by atoms with van der Waals surface area (Å²) in [5.74, 6) is 0.233. The van der Waals surface area contributed by atoms with Gasteiger partial charge >= 0.3 is 0 Å². The quantitative estimate of drug-likeness (QED) is 0.235. The summed E-state index contributed by atoms with van der Waals surface area (Å²) >= 11 is 0. The number of pyridine rings is 3. The molecule has 4 heterocycles. The summed E-state index contributed by atoms with van der Waals surface area (Å²) in [5.41, 5.74) is 8.21. The van der Waals surface area contributed by atoms with E-state index in [2.05, 4.69) is 107 Å². The molecule has 2 aliphatic rings. The number of dihydropyridines is 1. The molecule has 0 amide bonds. The summed E-state index contributed by atoms with van der Waals surface area (Å²) in [7, 11) is 0. The number of aliphatic imine (C=N–C) groups is 1. The predicted molar refractivity (Wildman–Crippen MR) is 155 cm³/mol. The van der Waals surface area contributed by atoms with E-state index in [1.54, 1.807) is 0 Å². The molecule has 0 spiro atoms. The Morgan fingerprint density at radius 3 is 2.24 bits per heavy atom. The van der Waals surface area contributed by atoms with Crippen molar-refractivity contribution in [1.82, 2.24) is 15.0 Å². The van der Waals surface area contributed by atoms with Crippen LogP contribution in [0, 0.1) is 5.92 Å². The summed E-state index contributed by atoms with van der Waals surface area (Å²) in [4.78, 5) is 19.7. The molecule has 0 bridgehead atoms. The van der Waals surface area contributed by atoms with E-state index in [4.69, 9.17) is 9.98 Å². The third-order valence-corrected chi connectivity index (χ3v) is 7.67. The first kappa shape index (κ1) is 21.2. The highest BCUT2D eigenvalue weighted by Crippen LogP contribution is 2.38. The molecular formula is C34H22N4. The summed E-state index contributed by atoms with van der Waals surface area (Å²) < 4.78 is 0. The van der Waals surface area contributed by atoms with Gasteiger partial charge in [-0.3, -0.25) is 15.0 Å². The Labute approximate surface area is 219 Å². The fourth-order valence-corrected chi connectivity index (χ4v) is 5.82. The third-order valence-electron chi connectivity index (χ3n) is 7.67. The molecule has 0 fully saturated rings. The van der Waals surface area contributed by atoms with Crippen molar-refractivity contribution in [1.29, 1.82) is 0 Å². The van der Waals surface area contributed by atoms with Crippen LogP contribution in [-0.2, 0) is 0 Å². The minimum Gasteiger partial charge on any atom is -0.274 e. The molecule has 0 radical (unpaired) electrons. The SMILES string of the molecule is C1=CC2C=Cc3cccnc3C2N=C1c1cccc2c(-c3ccc4ccc5cccnc5c4n3)cccc12. The van der Waals surface area contributed by atoms with E-state index in [0.717, 1.165) is 66.4 Å². The second-order valence-corrected chi connectivity index (χ2v) is 9.85. The van der Waals surface area contributed by atoms with Crippen molar-refractivity contribution in [3.05, 3.63) is 132 Å². The topological polar surface area (TPSA) is 51.0 Å². The molecule has 4 heteroatoms. The van der Waals surface area contributed by atoms with Gasteiger partial charge in [0.15, 0.2) is 0 Å². The molecule has 6 aromatic rings. The van der Waals surface area contributed by atoms with Crippen LogP contribution in [0.1, 0.15) is 22.9 Å². The summed E-state index contributed by atoms with van der Waals surface area (Å²) in [6.07, 6.45) is 12.5. The minimum atomic E-state index is -0.00225. The maximum Gasteiger partial charge on any atom is 0.103 e. The second-order valence-electron chi connectivity index (χ2n) is 9.85. The van der Waals surface area contributed by atoms with E-state index < -0.39 is 0 Å². The normalized spacial score (nSPS) is 17.9. The van der Waals surface area contributed by atoms with Crippen molar-refractivity contribution in [2.75, 3.05) is 0 Å². The fraction of sp³-hybridized carbons (Fsp3) is 0.0588. The van der Waals surface area contributed by atoms with Gasteiger partial charge in [0.05, 0.1) is 28.1 Å². The van der Waals surface area contributed by atoms with Crippen LogP contribution in [-0.4, -0.2) is 20.7 Å². The molecule has 8 rings (SSSR count). The maximum atomic E-state index is 5.24. The van der Waals surface area contributed by atoms with Crippen LogP contribution < -0.4 is 0 Å². The zero-order valence-corrected chi connectivity index (χ0v) is 20.5. The number of rotatable bonds is 2. The van der Waals surface area contributed by atoms with E-state index in [0.29, 0.717) is 0 Å². The van der Waals surface area contributed by atoms with Gasteiger partial charge in [0.2, 0.25) is 0 Å². The van der Waals surface area contributed by atoms with Gasteiger partial charge in [-0.25, -0.2) is 4.98 Å². The lowest BCUT2D eigenvalue weighted by Crippen LogP contribution is -2.19. The van der Waals surface area contributed by atoms with Gasteiger partial charge in [0, 0.05) is 40.2 Å². The van der Waals surface area contributed by atoms with Crippen LogP contribution in [0.25, 0.3) is 49.9 Å². The van der Waals surface area contributed by atoms with Gasteiger partial charge in [-0.2, -0.15) is 0 Å². The number of fused-ring (bicyclic) bond motifs is 7. The average molecular weight is 487 g/mol. The molecule has 3 aromatic carbocycles. The molecule has 2 unspecified atom stereocenters. The van der Waals surface area contributed by atoms with Crippen molar-refractivity contribution in [2.24, 2.45) is 10.9 Å². The predicted octanol–water partition coefficient (Wildman–Crippen LogP) is 7.74. The monoisotopic (exact) mass is 486 g/mol.